The predicted molar refractivity (Wildman–Crippen MR) is 52.4 cm³/mol. The van der Waals surface area contributed by atoms with Gasteiger partial charge in [0, 0.05) is 7.05 Å². The van der Waals surface area contributed by atoms with Crippen LogP contribution in [0.2, 0.25) is 0 Å². The molecule has 0 aromatic carbocycles. The van der Waals surface area contributed by atoms with Gasteiger partial charge >= 0.3 is 0 Å². The molecule has 0 radical (unpaired) electrons. The van der Waals surface area contributed by atoms with Gasteiger partial charge in [0.25, 0.3) is 11.5 Å². The summed E-state index contributed by atoms with van der Waals surface area (Å²) in [5.74, 6) is 0.246. The minimum Gasteiger partial charge on any atom is -0.354 e. The van der Waals surface area contributed by atoms with E-state index in [9.17, 15) is 9.59 Å². The monoisotopic (exact) mass is 214 g/mol. The molecule has 0 aliphatic heterocycles. The van der Waals surface area contributed by atoms with Crippen molar-refractivity contribution in [2.45, 2.75) is 12.1 Å². The number of carbonyl (C=O) groups excluding carboxylic acids is 1. The van der Waals surface area contributed by atoms with Crippen LogP contribution in [0, 0.1) is 0 Å². The number of H-pyrrole nitrogens is 1. The van der Waals surface area contributed by atoms with Crippen LogP contribution in [0.1, 0.15) is 17.4 Å². The van der Waals surface area contributed by atoms with Crippen LogP contribution in [-0.4, -0.2) is 33.9 Å². The highest BCUT2D eigenvalue weighted by Crippen LogP contribution is 2.07. The van der Waals surface area contributed by atoms with Gasteiger partial charge in [0.1, 0.15) is 0 Å². The smallest absolute Gasteiger partial charge is 0.283 e. The summed E-state index contributed by atoms with van der Waals surface area (Å²) < 4.78 is 0. The first kappa shape index (κ1) is 10.7. The molecule has 6 nitrogen and oxygen atoms in total. The summed E-state index contributed by atoms with van der Waals surface area (Å²) in [7, 11) is 1.43. The molecular weight excluding hydrogens is 204 g/mol. The Kier molecular flexibility index (Phi) is 3.63. The van der Waals surface area contributed by atoms with E-state index in [1.165, 1.54) is 18.8 Å². The fourth-order valence-electron chi connectivity index (χ4n) is 0.791. The minimum atomic E-state index is -0.535. The van der Waals surface area contributed by atoms with Gasteiger partial charge in [-0.05, 0) is 5.75 Å². The van der Waals surface area contributed by atoms with E-state index in [0.717, 1.165) is 5.75 Å². The first-order valence-corrected chi connectivity index (χ1v) is 4.99. The van der Waals surface area contributed by atoms with Crippen molar-refractivity contribution in [2.24, 2.45) is 0 Å². The van der Waals surface area contributed by atoms with E-state index >= 15 is 0 Å². The molecule has 1 amide bonds. The molecule has 1 aromatic rings. The minimum absolute atomic E-state index is 0.215. The van der Waals surface area contributed by atoms with E-state index in [-0.39, 0.29) is 5.69 Å². The zero-order valence-electron chi connectivity index (χ0n) is 7.83. The molecule has 2 N–H and O–H groups in total. The lowest BCUT2D eigenvalue weighted by molar-refractivity contribution is 0.0955. The number of aromatic nitrogens is 3. The zero-order valence-corrected chi connectivity index (χ0v) is 8.64. The van der Waals surface area contributed by atoms with Crippen molar-refractivity contribution >= 4 is 17.7 Å². The van der Waals surface area contributed by atoms with E-state index in [1.54, 1.807) is 0 Å². The molecule has 0 saturated heterocycles. The molecule has 1 heterocycles. The Balaban J connectivity index is 3.02. The Hall–Kier alpha value is -1.37. The van der Waals surface area contributed by atoms with Crippen LogP contribution in [0.15, 0.2) is 9.95 Å². The summed E-state index contributed by atoms with van der Waals surface area (Å²) >= 11 is 1.36. The molecule has 0 bridgehead atoms. The summed E-state index contributed by atoms with van der Waals surface area (Å²) in [5, 5.41) is 9.96. The zero-order chi connectivity index (χ0) is 10.6. The van der Waals surface area contributed by atoms with Gasteiger partial charge in [-0.3, -0.25) is 14.6 Å². The van der Waals surface area contributed by atoms with Crippen LogP contribution >= 0.6 is 11.8 Å². The fourth-order valence-corrected chi connectivity index (χ4v) is 1.33. The molecule has 0 unspecified atom stereocenters. The van der Waals surface area contributed by atoms with Crippen LogP contribution in [0.3, 0.4) is 0 Å². The molecular formula is C7H10N4O2S. The first-order chi connectivity index (χ1) is 6.69. The summed E-state index contributed by atoms with van der Waals surface area (Å²) in [6, 6.07) is 0. The SMILES string of the molecule is CCSc1nnc(C(=O)NC)c(=O)[nH]1. The van der Waals surface area contributed by atoms with Crippen molar-refractivity contribution in [2.75, 3.05) is 12.8 Å². The van der Waals surface area contributed by atoms with Crippen molar-refractivity contribution in [3.05, 3.63) is 16.0 Å². The number of hydrogen-bond donors (Lipinski definition) is 2. The molecule has 1 rings (SSSR count). The van der Waals surface area contributed by atoms with Crippen LogP contribution in [0.4, 0.5) is 0 Å². The molecule has 0 saturated carbocycles. The standard InChI is InChI=1S/C7H10N4O2S/c1-3-14-7-9-6(13)4(10-11-7)5(12)8-2/h3H2,1-2H3,(H,8,12)(H,9,11,13). The van der Waals surface area contributed by atoms with Gasteiger partial charge in [0.15, 0.2) is 5.16 Å². The van der Waals surface area contributed by atoms with Gasteiger partial charge < -0.3 is 5.32 Å². The maximum absolute atomic E-state index is 11.3. The van der Waals surface area contributed by atoms with Gasteiger partial charge in [-0.15, -0.1) is 10.2 Å². The van der Waals surface area contributed by atoms with E-state index < -0.39 is 11.5 Å². The highest BCUT2D eigenvalue weighted by atomic mass is 32.2. The number of thioether (sulfide) groups is 1. The number of nitrogens with zero attached hydrogens (tertiary/aromatic N) is 2. The number of amides is 1. The van der Waals surface area contributed by atoms with Crippen LogP contribution in [0.5, 0.6) is 0 Å². The summed E-state index contributed by atoms with van der Waals surface area (Å²) in [4.78, 5) is 24.8. The third-order valence-corrected chi connectivity index (χ3v) is 2.15. The third-order valence-electron chi connectivity index (χ3n) is 1.40. The van der Waals surface area contributed by atoms with Gasteiger partial charge in [-0.1, -0.05) is 18.7 Å². The average Bonchev–Trinajstić information content (AvgIpc) is 2.17. The second-order valence-electron chi connectivity index (χ2n) is 2.32. The predicted octanol–water partition coefficient (Wildman–Crippen LogP) is -0.364. The molecule has 14 heavy (non-hydrogen) atoms. The van der Waals surface area contributed by atoms with E-state index in [0.29, 0.717) is 5.16 Å². The van der Waals surface area contributed by atoms with Gasteiger partial charge in [-0.2, -0.15) is 0 Å². The quantitative estimate of drug-likeness (QED) is 0.671. The summed E-state index contributed by atoms with van der Waals surface area (Å²) in [5.41, 5.74) is -0.733. The topological polar surface area (TPSA) is 87.7 Å². The fraction of sp³-hybridized carbons (Fsp3) is 0.429. The van der Waals surface area contributed by atoms with Crippen molar-refractivity contribution in [1.29, 1.82) is 0 Å². The summed E-state index contributed by atoms with van der Waals surface area (Å²) in [6.45, 7) is 1.93. The Bertz CT molecular complexity index is 390. The number of hydrogen-bond acceptors (Lipinski definition) is 5. The van der Waals surface area contributed by atoms with Crippen LogP contribution in [-0.2, 0) is 0 Å². The lowest BCUT2D eigenvalue weighted by atomic mass is 10.4. The highest BCUT2D eigenvalue weighted by Gasteiger charge is 2.11. The maximum atomic E-state index is 11.3. The lowest BCUT2D eigenvalue weighted by Gasteiger charge is -1.98. The molecule has 0 aliphatic rings. The van der Waals surface area contributed by atoms with Crippen molar-refractivity contribution in [1.82, 2.24) is 20.5 Å². The Morgan fingerprint density at radius 3 is 2.79 bits per heavy atom. The lowest BCUT2D eigenvalue weighted by Crippen LogP contribution is -2.29. The number of aromatic amines is 1. The Labute approximate surface area is 84.5 Å². The van der Waals surface area contributed by atoms with Crippen molar-refractivity contribution in [3.8, 4) is 0 Å². The first-order valence-electron chi connectivity index (χ1n) is 4.01. The van der Waals surface area contributed by atoms with Crippen LogP contribution in [0.25, 0.3) is 0 Å². The average molecular weight is 214 g/mol. The van der Waals surface area contributed by atoms with Gasteiger partial charge in [-0.25, -0.2) is 0 Å². The molecule has 1 aromatic heterocycles. The van der Waals surface area contributed by atoms with E-state index in [2.05, 4.69) is 20.5 Å². The number of nitrogens with one attached hydrogen (secondary N) is 2. The molecule has 0 spiro atoms. The second-order valence-corrected chi connectivity index (χ2v) is 3.57. The van der Waals surface area contributed by atoms with Crippen molar-refractivity contribution in [3.63, 3.8) is 0 Å². The second kappa shape index (κ2) is 4.75. The largest absolute Gasteiger partial charge is 0.354 e. The van der Waals surface area contributed by atoms with E-state index in [4.69, 9.17) is 0 Å². The number of rotatable bonds is 3. The Morgan fingerprint density at radius 2 is 2.29 bits per heavy atom. The molecule has 0 fully saturated rings. The number of carbonyl (C=O) groups is 1. The van der Waals surface area contributed by atoms with Crippen molar-refractivity contribution < 1.29 is 4.79 Å². The molecule has 0 aliphatic carbocycles. The van der Waals surface area contributed by atoms with Gasteiger partial charge in [0.05, 0.1) is 0 Å². The highest BCUT2D eigenvalue weighted by molar-refractivity contribution is 7.99. The summed E-state index contributed by atoms with van der Waals surface area (Å²) in [6.07, 6.45) is 0. The van der Waals surface area contributed by atoms with E-state index in [1.807, 2.05) is 6.92 Å². The molecule has 0 atom stereocenters. The van der Waals surface area contributed by atoms with Gasteiger partial charge in [0.2, 0.25) is 5.69 Å². The Morgan fingerprint density at radius 1 is 1.57 bits per heavy atom. The molecule has 76 valence electrons. The van der Waals surface area contributed by atoms with Crippen LogP contribution < -0.4 is 10.9 Å². The molecule has 7 heteroatoms. The third kappa shape index (κ3) is 2.32. The maximum Gasteiger partial charge on any atom is 0.283 e. The normalized spacial score (nSPS) is 9.86.